The van der Waals surface area contributed by atoms with Crippen molar-refractivity contribution in [1.29, 1.82) is 0 Å². The molecule has 1 aromatic carbocycles. The first-order valence-electron chi connectivity index (χ1n) is 6.58. The van der Waals surface area contributed by atoms with E-state index in [2.05, 4.69) is 28.8 Å². The maximum Gasteiger partial charge on any atom is 0.0725 e. The van der Waals surface area contributed by atoms with Gasteiger partial charge in [0.2, 0.25) is 0 Å². The molecule has 17 heavy (non-hydrogen) atoms. The van der Waals surface area contributed by atoms with Gasteiger partial charge in [0.05, 0.1) is 13.2 Å². The van der Waals surface area contributed by atoms with Crippen LogP contribution in [0.4, 0.5) is 5.69 Å². The number of nitrogens with one attached hydrogen (secondary N) is 2. The molecule has 0 bridgehead atoms. The molecule has 3 heteroatoms. The van der Waals surface area contributed by atoms with E-state index in [0.717, 1.165) is 19.8 Å². The monoisotopic (exact) mass is 232 g/mol. The molecule has 2 aliphatic rings. The summed E-state index contributed by atoms with van der Waals surface area (Å²) in [6.45, 7) is 3.75. The van der Waals surface area contributed by atoms with Crippen molar-refractivity contribution in [3.05, 3.63) is 29.3 Å². The van der Waals surface area contributed by atoms with E-state index < -0.39 is 0 Å². The highest BCUT2D eigenvalue weighted by Gasteiger charge is 2.13. The fourth-order valence-electron chi connectivity index (χ4n) is 2.62. The number of hydrogen-bond acceptors (Lipinski definition) is 3. The second kappa shape index (κ2) is 5.07. The Hall–Kier alpha value is -1.06. The Morgan fingerprint density at radius 3 is 3.06 bits per heavy atom. The van der Waals surface area contributed by atoms with E-state index in [9.17, 15) is 0 Å². The summed E-state index contributed by atoms with van der Waals surface area (Å²) in [7, 11) is 0. The first-order valence-corrected chi connectivity index (χ1v) is 6.58. The van der Waals surface area contributed by atoms with E-state index in [1.165, 1.54) is 42.6 Å². The summed E-state index contributed by atoms with van der Waals surface area (Å²) >= 11 is 0. The molecular formula is C14H20N2O. The van der Waals surface area contributed by atoms with Crippen molar-refractivity contribution in [1.82, 2.24) is 5.32 Å². The quantitative estimate of drug-likeness (QED) is 0.838. The summed E-state index contributed by atoms with van der Waals surface area (Å²) in [5.41, 5.74) is 3.90. The molecule has 1 unspecified atom stereocenters. The lowest BCUT2D eigenvalue weighted by Crippen LogP contribution is -2.39. The van der Waals surface area contributed by atoms with Gasteiger partial charge in [0.15, 0.2) is 0 Å². The molecule has 3 nitrogen and oxygen atoms in total. The molecule has 0 aromatic heterocycles. The van der Waals surface area contributed by atoms with Crippen molar-refractivity contribution in [2.24, 2.45) is 0 Å². The molecule has 0 radical (unpaired) electrons. The molecule has 1 saturated heterocycles. The lowest BCUT2D eigenvalue weighted by atomic mass is 10.0. The van der Waals surface area contributed by atoms with Crippen LogP contribution < -0.4 is 10.6 Å². The van der Waals surface area contributed by atoms with Crippen LogP contribution in [0.2, 0.25) is 0 Å². The largest absolute Gasteiger partial charge is 0.383 e. The molecule has 1 aromatic rings. The number of hydrogen-bond donors (Lipinski definition) is 2. The first kappa shape index (κ1) is 11.1. The van der Waals surface area contributed by atoms with Crippen molar-refractivity contribution in [3.63, 3.8) is 0 Å². The zero-order valence-electron chi connectivity index (χ0n) is 10.2. The van der Waals surface area contributed by atoms with Crippen LogP contribution in [0.3, 0.4) is 0 Å². The van der Waals surface area contributed by atoms with Gasteiger partial charge in [0.25, 0.3) is 0 Å². The highest BCUT2D eigenvalue weighted by atomic mass is 16.5. The van der Waals surface area contributed by atoms with Crippen molar-refractivity contribution in [2.45, 2.75) is 38.5 Å². The molecule has 2 heterocycles. The Bertz CT molecular complexity index is 386. The molecule has 0 saturated carbocycles. The highest BCUT2D eigenvalue weighted by Crippen LogP contribution is 2.23. The molecule has 3 rings (SSSR count). The minimum absolute atomic E-state index is 0.633. The van der Waals surface area contributed by atoms with Crippen LogP contribution in [0.15, 0.2) is 18.2 Å². The molecule has 0 amide bonds. The van der Waals surface area contributed by atoms with Gasteiger partial charge in [-0.15, -0.1) is 0 Å². The third-order valence-corrected chi connectivity index (χ3v) is 3.69. The van der Waals surface area contributed by atoms with E-state index in [4.69, 9.17) is 4.74 Å². The van der Waals surface area contributed by atoms with Gasteiger partial charge in [-0.1, -0.05) is 12.5 Å². The minimum atomic E-state index is 0.633. The zero-order valence-corrected chi connectivity index (χ0v) is 10.2. The Kier molecular flexibility index (Phi) is 3.29. The number of rotatable bonds is 3. The number of anilines is 1. The first-order chi connectivity index (χ1) is 8.42. The lowest BCUT2D eigenvalue weighted by Gasteiger charge is -2.24. The predicted molar refractivity (Wildman–Crippen MR) is 69.1 cm³/mol. The Morgan fingerprint density at radius 2 is 2.18 bits per heavy atom. The zero-order chi connectivity index (χ0) is 11.5. The number of ether oxygens (including phenoxy) is 1. The van der Waals surface area contributed by atoms with Crippen LogP contribution in [-0.2, 0) is 18.0 Å². The van der Waals surface area contributed by atoms with Gasteiger partial charge in [-0.25, -0.2) is 0 Å². The smallest absolute Gasteiger partial charge is 0.0725 e. The van der Waals surface area contributed by atoms with Gasteiger partial charge >= 0.3 is 0 Å². The minimum Gasteiger partial charge on any atom is -0.383 e. The summed E-state index contributed by atoms with van der Waals surface area (Å²) in [6, 6.07) is 7.20. The summed E-state index contributed by atoms with van der Waals surface area (Å²) in [4.78, 5) is 0. The van der Waals surface area contributed by atoms with Crippen LogP contribution in [0.1, 0.15) is 30.4 Å². The van der Waals surface area contributed by atoms with Crippen LogP contribution >= 0.6 is 0 Å². The molecular weight excluding hydrogens is 212 g/mol. The summed E-state index contributed by atoms with van der Waals surface area (Å²) in [5.74, 6) is 0. The predicted octanol–water partition coefficient (Wildman–Crippen LogP) is 2.27. The van der Waals surface area contributed by atoms with Crippen molar-refractivity contribution < 1.29 is 4.74 Å². The van der Waals surface area contributed by atoms with Gasteiger partial charge in [0.1, 0.15) is 0 Å². The van der Waals surface area contributed by atoms with Gasteiger partial charge in [-0.2, -0.15) is 0 Å². The van der Waals surface area contributed by atoms with E-state index in [1.54, 1.807) is 0 Å². The Balaban J connectivity index is 1.57. The Morgan fingerprint density at radius 1 is 1.24 bits per heavy atom. The maximum atomic E-state index is 5.42. The average Bonchev–Trinajstić information content (AvgIpc) is 2.85. The number of piperidine rings is 1. The standard InChI is InChI=1S/C14H20N2O/c1-2-6-15-14(3-1)8-16-13-5-4-11-9-17-10-12(11)7-13/h4-5,7,14-16H,1-3,6,8-10H2. The van der Waals surface area contributed by atoms with Crippen LogP contribution in [0.5, 0.6) is 0 Å². The molecule has 0 spiro atoms. The number of benzene rings is 1. The maximum absolute atomic E-state index is 5.42. The fraction of sp³-hybridized carbons (Fsp3) is 0.571. The third-order valence-electron chi connectivity index (χ3n) is 3.69. The van der Waals surface area contributed by atoms with Gasteiger partial charge < -0.3 is 15.4 Å². The van der Waals surface area contributed by atoms with Crippen molar-refractivity contribution in [2.75, 3.05) is 18.4 Å². The normalized spacial score (nSPS) is 23.4. The lowest BCUT2D eigenvalue weighted by molar-refractivity contribution is 0.134. The van der Waals surface area contributed by atoms with Gasteiger partial charge in [0, 0.05) is 18.3 Å². The van der Waals surface area contributed by atoms with Gasteiger partial charge in [-0.05, 0) is 42.6 Å². The fourth-order valence-corrected chi connectivity index (χ4v) is 2.62. The van der Waals surface area contributed by atoms with Crippen LogP contribution in [0, 0.1) is 0 Å². The molecule has 92 valence electrons. The van der Waals surface area contributed by atoms with E-state index in [-0.39, 0.29) is 0 Å². The summed E-state index contributed by atoms with van der Waals surface area (Å²) in [6.07, 6.45) is 3.98. The average molecular weight is 232 g/mol. The number of fused-ring (bicyclic) bond motifs is 1. The van der Waals surface area contributed by atoms with E-state index >= 15 is 0 Å². The van der Waals surface area contributed by atoms with Crippen LogP contribution in [-0.4, -0.2) is 19.1 Å². The second-order valence-corrected chi connectivity index (χ2v) is 5.00. The van der Waals surface area contributed by atoms with Crippen LogP contribution in [0.25, 0.3) is 0 Å². The third kappa shape index (κ3) is 2.61. The molecule has 1 atom stereocenters. The highest BCUT2D eigenvalue weighted by molar-refractivity contribution is 5.49. The van der Waals surface area contributed by atoms with Crippen molar-refractivity contribution in [3.8, 4) is 0 Å². The Labute approximate surface area is 103 Å². The topological polar surface area (TPSA) is 33.3 Å². The summed E-state index contributed by atoms with van der Waals surface area (Å²) in [5, 5.41) is 7.08. The molecule has 2 aliphatic heterocycles. The van der Waals surface area contributed by atoms with E-state index in [0.29, 0.717) is 6.04 Å². The molecule has 2 N–H and O–H groups in total. The SMILES string of the molecule is c1cc2c(cc1NCC1CCCCN1)COC2. The summed E-state index contributed by atoms with van der Waals surface area (Å²) < 4.78 is 5.42. The second-order valence-electron chi connectivity index (χ2n) is 5.00. The van der Waals surface area contributed by atoms with E-state index in [1.807, 2.05) is 0 Å². The van der Waals surface area contributed by atoms with Crippen molar-refractivity contribution >= 4 is 5.69 Å². The molecule has 1 fully saturated rings. The van der Waals surface area contributed by atoms with Gasteiger partial charge in [-0.3, -0.25) is 0 Å². The molecule has 0 aliphatic carbocycles.